The van der Waals surface area contributed by atoms with E-state index in [0.717, 1.165) is 40.2 Å². The van der Waals surface area contributed by atoms with Crippen LogP contribution in [0.4, 0.5) is 0 Å². The fraction of sp³-hybridized carbons (Fsp3) is 0.0476. The molecule has 10 aromatic rings. The number of para-hydroxylation sites is 2. The number of nitrogens with zero attached hydrogens (tertiary/aromatic N) is 3. The lowest BCUT2D eigenvalue weighted by atomic mass is 9.86. The number of rotatable bonds is 3. The van der Waals surface area contributed by atoms with Crippen LogP contribution in [0.5, 0.6) is 0 Å². The quantitative estimate of drug-likeness (QED) is 0.197. The van der Waals surface area contributed by atoms with Crippen LogP contribution >= 0.6 is 0 Å². The first-order chi connectivity index (χ1) is 22.3. The fourth-order valence-corrected chi connectivity index (χ4v) is 7.74. The maximum Gasteiger partial charge on any atom is 0.159 e. The van der Waals surface area contributed by atoms with Crippen molar-refractivity contribution in [1.82, 2.24) is 14.5 Å². The van der Waals surface area contributed by atoms with Gasteiger partial charge in [-0.25, -0.2) is 4.98 Å². The molecule has 2 aromatic heterocycles. The van der Waals surface area contributed by atoms with Gasteiger partial charge >= 0.3 is 0 Å². The lowest BCUT2D eigenvalue weighted by Crippen LogP contribution is -1.98. The molecule has 0 bridgehead atoms. The molecule has 210 valence electrons. The zero-order chi connectivity index (χ0) is 29.6. The van der Waals surface area contributed by atoms with Crippen molar-refractivity contribution < 1.29 is 0 Å². The van der Waals surface area contributed by atoms with Crippen LogP contribution in [0, 0.1) is 0 Å². The van der Waals surface area contributed by atoms with E-state index >= 15 is 0 Å². The molecular weight excluding hydrogens is 546 g/mol. The Morgan fingerprint density at radius 2 is 1.11 bits per heavy atom. The van der Waals surface area contributed by atoms with E-state index in [2.05, 4.69) is 133 Å². The van der Waals surface area contributed by atoms with E-state index in [-0.39, 0.29) is 0 Å². The standard InChI is InChI=1S/C42H27N3/c1-2-45-37-15-4-3-14-35(37)44-42(45)36-21-20-29(24-43-36)30-22-28-19-18-27-9-6-12-32-31-11-5-8-25-16-17-26-10-7-13-33(40(26)38(25)31)34(23-30)41(28)39(27)32/h3-24H,2H2,1H3. The smallest absolute Gasteiger partial charge is 0.159 e. The first-order valence-electron chi connectivity index (χ1n) is 15.6. The Hall–Kier alpha value is -5.80. The van der Waals surface area contributed by atoms with Gasteiger partial charge in [-0.15, -0.1) is 0 Å². The summed E-state index contributed by atoms with van der Waals surface area (Å²) in [6.45, 7) is 3.00. The molecule has 0 N–H and O–H groups in total. The number of pyridine rings is 1. The first-order valence-corrected chi connectivity index (χ1v) is 15.6. The maximum absolute atomic E-state index is 4.98. The van der Waals surface area contributed by atoms with Gasteiger partial charge in [0.1, 0.15) is 5.69 Å². The molecule has 0 aliphatic carbocycles. The third-order valence-electron chi connectivity index (χ3n) is 9.72. The Labute approximate surface area is 259 Å². The lowest BCUT2D eigenvalue weighted by molar-refractivity contribution is 0.793. The van der Waals surface area contributed by atoms with E-state index in [9.17, 15) is 0 Å². The number of fused-ring (bicyclic) bond motifs is 3. The van der Waals surface area contributed by atoms with Crippen LogP contribution in [0.2, 0.25) is 0 Å². The third kappa shape index (κ3) is 3.41. The minimum absolute atomic E-state index is 0.838. The van der Waals surface area contributed by atoms with Gasteiger partial charge in [-0.3, -0.25) is 4.98 Å². The van der Waals surface area contributed by atoms with Crippen molar-refractivity contribution in [2.45, 2.75) is 13.5 Å². The highest BCUT2D eigenvalue weighted by Gasteiger charge is 2.17. The van der Waals surface area contributed by atoms with Crippen LogP contribution in [0.3, 0.4) is 0 Å². The number of hydrogen-bond acceptors (Lipinski definition) is 2. The second kappa shape index (κ2) is 9.10. The summed E-state index contributed by atoms with van der Waals surface area (Å²) in [4.78, 5) is 9.91. The number of hydrogen-bond donors (Lipinski definition) is 0. The van der Waals surface area contributed by atoms with Gasteiger partial charge < -0.3 is 4.57 Å². The molecule has 0 amide bonds. The fourth-order valence-electron chi connectivity index (χ4n) is 7.74. The van der Waals surface area contributed by atoms with Crippen LogP contribution in [-0.2, 0) is 6.54 Å². The number of aromatic nitrogens is 3. The summed E-state index contributed by atoms with van der Waals surface area (Å²) >= 11 is 0. The van der Waals surface area contributed by atoms with Crippen molar-refractivity contribution in [3.8, 4) is 22.6 Å². The van der Waals surface area contributed by atoms with Gasteiger partial charge in [0.2, 0.25) is 0 Å². The van der Waals surface area contributed by atoms with Crippen LogP contribution in [0.1, 0.15) is 6.92 Å². The second-order valence-electron chi connectivity index (χ2n) is 12.1. The molecule has 0 fully saturated rings. The Morgan fingerprint density at radius 3 is 1.73 bits per heavy atom. The normalized spacial score (nSPS) is 12.2. The van der Waals surface area contributed by atoms with Gasteiger partial charge in [-0.2, -0.15) is 0 Å². The van der Waals surface area contributed by atoms with Crippen molar-refractivity contribution in [2.24, 2.45) is 0 Å². The van der Waals surface area contributed by atoms with Gasteiger partial charge in [0.05, 0.1) is 11.0 Å². The molecule has 0 atom stereocenters. The molecule has 0 spiro atoms. The Morgan fingerprint density at radius 1 is 0.511 bits per heavy atom. The molecule has 0 saturated heterocycles. The molecule has 8 aromatic carbocycles. The minimum atomic E-state index is 0.838. The highest BCUT2D eigenvalue weighted by atomic mass is 15.1. The van der Waals surface area contributed by atoms with E-state index in [4.69, 9.17) is 9.97 Å². The first kappa shape index (κ1) is 24.6. The number of aryl methyl sites for hydroxylation is 1. The highest BCUT2D eigenvalue weighted by molar-refractivity contribution is 6.37. The van der Waals surface area contributed by atoms with E-state index in [0.29, 0.717) is 0 Å². The maximum atomic E-state index is 4.98. The summed E-state index contributed by atoms with van der Waals surface area (Å²) in [6, 6.07) is 46.7. The van der Waals surface area contributed by atoms with Crippen LogP contribution in [-0.4, -0.2) is 14.5 Å². The molecule has 10 rings (SSSR count). The van der Waals surface area contributed by atoms with E-state index < -0.39 is 0 Å². The molecule has 0 aliphatic heterocycles. The summed E-state index contributed by atoms with van der Waals surface area (Å²) < 4.78 is 2.24. The van der Waals surface area contributed by atoms with Gasteiger partial charge in [0, 0.05) is 18.3 Å². The Bertz CT molecular complexity index is 2780. The monoisotopic (exact) mass is 573 g/mol. The van der Waals surface area contributed by atoms with Crippen molar-refractivity contribution >= 4 is 75.7 Å². The van der Waals surface area contributed by atoms with Crippen molar-refractivity contribution in [3.63, 3.8) is 0 Å². The largest absolute Gasteiger partial charge is 0.323 e. The van der Waals surface area contributed by atoms with Crippen LogP contribution < -0.4 is 0 Å². The van der Waals surface area contributed by atoms with Crippen LogP contribution in [0.15, 0.2) is 134 Å². The Balaban J connectivity index is 1.29. The summed E-state index contributed by atoms with van der Waals surface area (Å²) in [6.07, 6.45) is 2.01. The molecule has 0 radical (unpaired) electrons. The molecule has 3 heteroatoms. The SMILES string of the molecule is CCn1c(-c2ccc(-c3cc4ccc5cccc6c7cccc8ccc9cccc(c(c3)c4c56)c9c87)cn2)nc2ccccc21. The predicted molar refractivity (Wildman–Crippen MR) is 190 cm³/mol. The van der Waals surface area contributed by atoms with Crippen molar-refractivity contribution in [3.05, 3.63) is 134 Å². The zero-order valence-corrected chi connectivity index (χ0v) is 24.8. The summed E-state index contributed by atoms with van der Waals surface area (Å²) in [7, 11) is 0. The van der Waals surface area contributed by atoms with Crippen LogP contribution in [0.25, 0.3) is 98.3 Å². The molecule has 3 nitrogen and oxygen atoms in total. The van der Waals surface area contributed by atoms with Gasteiger partial charge in [-0.1, -0.05) is 97.1 Å². The number of imidazole rings is 1. The second-order valence-corrected chi connectivity index (χ2v) is 12.1. The molecule has 45 heavy (non-hydrogen) atoms. The number of benzene rings is 7. The van der Waals surface area contributed by atoms with E-state index in [1.54, 1.807) is 0 Å². The van der Waals surface area contributed by atoms with E-state index in [1.807, 2.05) is 12.3 Å². The molecular formula is C42H27N3. The molecule has 2 heterocycles. The summed E-state index contributed by atoms with van der Waals surface area (Å²) in [5, 5.41) is 15.5. The summed E-state index contributed by atoms with van der Waals surface area (Å²) in [5.74, 6) is 0.907. The average molecular weight is 574 g/mol. The van der Waals surface area contributed by atoms with Gasteiger partial charge in [0.15, 0.2) is 5.82 Å². The summed E-state index contributed by atoms with van der Waals surface area (Å²) in [5.41, 5.74) is 5.28. The average Bonchev–Trinajstić information content (AvgIpc) is 3.48. The Kier molecular flexibility index (Phi) is 4.98. The van der Waals surface area contributed by atoms with Crippen molar-refractivity contribution in [1.29, 1.82) is 0 Å². The molecule has 0 unspecified atom stereocenters. The van der Waals surface area contributed by atoms with Crippen molar-refractivity contribution in [2.75, 3.05) is 0 Å². The molecule has 0 aliphatic rings. The predicted octanol–water partition coefficient (Wildman–Crippen LogP) is 11.1. The van der Waals surface area contributed by atoms with E-state index in [1.165, 1.54) is 64.6 Å². The minimum Gasteiger partial charge on any atom is -0.323 e. The third-order valence-corrected chi connectivity index (χ3v) is 9.72. The topological polar surface area (TPSA) is 30.7 Å². The lowest BCUT2D eigenvalue weighted by Gasteiger charge is -2.17. The zero-order valence-electron chi connectivity index (χ0n) is 24.8. The van der Waals surface area contributed by atoms with Gasteiger partial charge in [-0.05, 0) is 107 Å². The highest BCUT2D eigenvalue weighted by Crippen LogP contribution is 2.44. The van der Waals surface area contributed by atoms with Gasteiger partial charge in [0.25, 0.3) is 0 Å². The molecule has 0 saturated carbocycles.